The van der Waals surface area contributed by atoms with Gasteiger partial charge in [-0.3, -0.25) is 0 Å². The minimum Gasteiger partial charge on any atom is -0.0773 e. The van der Waals surface area contributed by atoms with E-state index in [1.165, 1.54) is 19.3 Å². The van der Waals surface area contributed by atoms with Crippen LogP contribution < -0.4 is 4.31 Å². The summed E-state index contributed by atoms with van der Waals surface area (Å²) in [6.45, 7) is 3.16. The van der Waals surface area contributed by atoms with Gasteiger partial charge in [-0.05, 0) is 6.42 Å². The molecular formula is C5H9NS+. The van der Waals surface area contributed by atoms with E-state index in [2.05, 4.69) is 6.54 Å². The molecule has 1 heterocycles. The molecule has 1 aliphatic heterocycles. The van der Waals surface area contributed by atoms with Crippen LogP contribution in [-0.2, 0) is 0 Å². The van der Waals surface area contributed by atoms with Crippen molar-refractivity contribution in [3.63, 3.8) is 0 Å². The molecule has 0 aromatic heterocycles. The first-order valence-electron chi connectivity index (χ1n) is 2.67. The van der Waals surface area contributed by atoms with Gasteiger partial charge in [0, 0.05) is 12.8 Å². The molecule has 39 valence electrons. The molecule has 3 radical (unpaired) electrons. The van der Waals surface area contributed by atoms with Gasteiger partial charge in [0.1, 0.15) is 6.54 Å². The molecule has 0 amide bonds. The molecule has 0 aromatic rings. The van der Waals surface area contributed by atoms with Crippen LogP contribution in [-0.4, -0.2) is 6.54 Å². The van der Waals surface area contributed by atoms with Crippen molar-refractivity contribution < 1.29 is 0 Å². The molecular weight excluding hydrogens is 106 g/mol. The van der Waals surface area contributed by atoms with E-state index in [0.29, 0.717) is 0 Å². The van der Waals surface area contributed by atoms with E-state index in [1.54, 1.807) is 0 Å². The van der Waals surface area contributed by atoms with E-state index in [9.17, 15) is 0 Å². The largest absolute Gasteiger partial charge is 0.270 e. The Balaban J connectivity index is 2.12. The number of nitrogens with zero attached hydrogens (tertiary/aromatic N) is 1. The van der Waals surface area contributed by atoms with Gasteiger partial charge < -0.3 is 0 Å². The van der Waals surface area contributed by atoms with E-state index in [4.69, 9.17) is 12.8 Å². The van der Waals surface area contributed by atoms with Crippen molar-refractivity contribution in [2.75, 3.05) is 6.54 Å². The average molecular weight is 115 g/mol. The highest BCUT2D eigenvalue weighted by Crippen LogP contribution is 2.10. The van der Waals surface area contributed by atoms with Gasteiger partial charge in [0.25, 0.3) is 12.8 Å². The van der Waals surface area contributed by atoms with Crippen LogP contribution in [0.4, 0.5) is 0 Å². The first-order valence-corrected chi connectivity index (χ1v) is 3.03. The lowest BCUT2D eigenvalue weighted by atomic mass is 10.2. The van der Waals surface area contributed by atoms with Crippen LogP contribution in [0, 0.1) is 6.54 Å². The van der Waals surface area contributed by atoms with Crippen LogP contribution in [0.2, 0.25) is 0 Å². The first-order chi connectivity index (χ1) is 3.39. The van der Waals surface area contributed by atoms with Crippen LogP contribution >= 0.6 is 12.8 Å². The van der Waals surface area contributed by atoms with Gasteiger partial charge in [-0.15, -0.1) is 0 Å². The molecule has 1 nitrogen and oxygen atoms in total. The zero-order valence-corrected chi connectivity index (χ0v) is 5.08. The van der Waals surface area contributed by atoms with Gasteiger partial charge in [0.05, 0.1) is 0 Å². The smallest absolute Gasteiger partial charge is 0.0773 e. The average Bonchev–Trinajstić information content (AvgIpc) is 1.69. The van der Waals surface area contributed by atoms with E-state index in [0.717, 1.165) is 6.54 Å². The second-order valence-electron chi connectivity index (χ2n) is 1.82. The van der Waals surface area contributed by atoms with Crippen molar-refractivity contribution in [2.45, 2.75) is 19.3 Å². The van der Waals surface area contributed by atoms with Crippen LogP contribution in [0.3, 0.4) is 0 Å². The lowest BCUT2D eigenvalue weighted by molar-refractivity contribution is 0.539. The quantitative estimate of drug-likeness (QED) is 0.423. The maximum absolute atomic E-state index is 4.87. The molecule has 0 spiro atoms. The van der Waals surface area contributed by atoms with Crippen LogP contribution in [0.5, 0.6) is 0 Å². The van der Waals surface area contributed by atoms with Crippen molar-refractivity contribution in [3.8, 4) is 0 Å². The molecule has 0 unspecified atom stereocenters. The minimum atomic E-state index is 1.08. The molecule has 0 aliphatic carbocycles. The SMILES string of the molecule is [S][N+]1[CH]CCCC1. The van der Waals surface area contributed by atoms with Gasteiger partial charge >= 0.3 is 0 Å². The Labute approximate surface area is 50.2 Å². The van der Waals surface area contributed by atoms with Gasteiger partial charge in [-0.2, -0.15) is 0 Å². The van der Waals surface area contributed by atoms with Gasteiger partial charge in [-0.1, -0.05) is 4.31 Å². The Morgan fingerprint density at radius 3 is 2.57 bits per heavy atom. The fraction of sp³-hybridized carbons (Fsp3) is 0.800. The molecule has 1 aliphatic rings. The van der Waals surface area contributed by atoms with Crippen molar-refractivity contribution in [1.29, 1.82) is 0 Å². The van der Waals surface area contributed by atoms with Crippen molar-refractivity contribution >= 4 is 12.8 Å². The van der Waals surface area contributed by atoms with Crippen LogP contribution in [0.15, 0.2) is 0 Å². The minimum absolute atomic E-state index is 1.08. The summed E-state index contributed by atoms with van der Waals surface area (Å²) in [4.78, 5) is 0. The van der Waals surface area contributed by atoms with Gasteiger partial charge in [0.2, 0.25) is 6.54 Å². The molecule has 2 heteroatoms. The highest BCUT2D eigenvalue weighted by Gasteiger charge is 2.16. The fourth-order valence-corrected chi connectivity index (χ4v) is 0.973. The number of rotatable bonds is 0. The van der Waals surface area contributed by atoms with E-state index >= 15 is 0 Å². The standard InChI is InChI=1S/C5H9NS/c7-6-4-2-1-3-5-6/h4H,1-3,5H2/q+1. The number of piperidine rings is 1. The van der Waals surface area contributed by atoms with Crippen LogP contribution in [0.1, 0.15) is 19.3 Å². The third-order valence-corrected chi connectivity index (χ3v) is 1.50. The van der Waals surface area contributed by atoms with E-state index in [1.807, 2.05) is 4.31 Å². The Morgan fingerprint density at radius 1 is 1.43 bits per heavy atom. The summed E-state index contributed by atoms with van der Waals surface area (Å²) < 4.78 is 1.85. The number of hydrogen-bond acceptors (Lipinski definition) is 1. The summed E-state index contributed by atoms with van der Waals surface area (Å²) in [5.41, 5.74) is 0. The summed E-state index contributed by atoms with van der Waals surface area (Å²) in [7, 11) is 0. The first kappa shape index (κ1) is 5.45. The molecule has 7 heavy (non-hydrogen) atoms. The predicted octanol–water partition coefficient (Wildman–Crippen LogP) is 1.58. The molecule has 0 N–H and O–H groups in total. The normalized spacial score (nSPS) is 25.3. The lowest BCUT2D eigenvalue weighted by Gasteiger charge is -2.05. The second kappa shape index (κ2) is 2.58. The topological polar surface area (TPSA) is 5.90 Å². The maximum Gasteiger partial charge on any atom is 0.270 e. The fourth-order valence-electron chi connectivity index (χ4n) is 0.739. The summed E-state index contributed by atoms with van der Waals surface area (Å²) in [5, 5.41) is 0. The molecule has 0 saturated carbocycles. The van der Waals surface area contributed by atoms with Crippen molar-refractivity contribution in [1.82, 2.24) is 4.31 Å². The molecule has 1 rings (SSSR count). The zero-order valence-electron chi connectivity index (χ0n) is 4.26. The highest BCUT2D eigenvalue weighted by molar-refractivity contribution is 7.78. The summed E-state index contributed by atoms with van der Waals surface area (Å²) in [6, 6.07) is 0. The third-order valence-electron chi connectivity index (χ3n) is 1.17. The summed E-state index contributed by atoms with van der Waals surface area (Å²) >= 11 is 4.87. The molecule has 0 aromatic carbocycles. The lowest BCUT2D eigenvalue weighted by Crippen LogP contribution is -2.20. The molecule has 0 atom stereocenters. The second-order valence-corrected chi connectivity index (χ2v) is 2.29. The Bertz CT molecular complexity index is 50.0. The van der Waals surface area contributed by atoms with Crippen molar-refractivity contribution in [2.24, 2.45) is 0 Å². The summed E-state index contributed by atoms with van der Waals surface area (Å²) in [5.74, 6) is 0. The maximum atomic E-state index is 4.87. The Kier molecular flexibility index (Phi) is 2.00. The third kappa shape index (κ3) is 1.70. The Morgan fingerprint density at radius 2 is 2.29 bits per heavy atom. The van der Waals surface area contributed by atoms with E-state index in [-0.39, 0.29) is 0 Å². The van der Waals surface area contributed by atoms with E-state index < -0.39 is 0 Å². The monoisotopic (exact) mass is 115 g/mol. The molecule has 1 fully saturated rings. The summed E-state index contributed by atoms with van der Waals surface area (Å²) in [6.07, 6.45) is 3.79. The number of hydrogen-bond donors (Lipinski definition) is 0. The van der Waals surface area contributed by atoms with Crippen LogP contribution in [0.25, 0.3) is 0 Å². The molecule has 1 saturated heterocycles. The van der Waals surface area contributed by atoms with Crippen molar-refractivity contribution in [3.05, 3.63) is 6.54 Å². The zero-order chi connectivity index (χ0) is 5.11. The van der Waals surface area contributed by atoms with Gasteiger partial charge in [-0.25, -0.2) is 0 Å². The van der Waals surface area contributed by atoms with Gasteiger partial charge in [0.15, 0.2) is 0 Å². The highest BCUT2D eigenvalue weighted by atomic mass is 32.1. The Hall–Kier alpha value is 0.310. The predicted molar refractivity (Wildman–Crippen MR) is 32.7 cm³/mol. The molecule has 0 bridgehead atoms.